The van der Waals surface area contributed by atoms with Crippen LogP contribution in [0, 0.1) is 10.1 Å². The SMILES string of the molecule is O=C(NC(CCc1ccccc1)C(=O)O)c1ccc([N+](=O)[O-])c(/C=C/Cc2ccc(O)cc2)c1. The van der Waals surface area contributed by atoms with Crippen molar-refractivity contribution in [3.63, 3.8) is 0 Å². The number of carboxylic acid groups (broad SMARTS) is 1. The highest BCUT2D eigenvalue weighted by atomic mass is 16.6. The molecule has 0 aromatic heterocycles. The Kier molecular flexibility index (Phi) is 8.12. The number of aromatic hydroxyl groups is 1. The van der Waals surface area contributed by atoms with Crippen molar-refractivity contribution in [1.29, 1.82) is 0 Å². The topological polar surface area (TPSA) is 130 Å². The summed E-state index contributed by atoms with van der Waals surface area (Å²) >= 11 is 0. The fraction of sp³-hybridized carbons (Fsp3) is 0.154. The van der Waals surface area contributed by atoms with Crippen molar-refractivity contribution in [2.75, 3.05) is 0 Å². The number of nitro groups is 1. The van der Waals surface area contributed by atoms with E-state index in [1.807, 2.05) is 30.3 Å². The average molecular weight is 460 g/mol. The molecule has 174 valence electrons. The zero-order valence-electron chi connectivity index (χ0n) is 18.3. The summed E-state index contributed by atoms with van der Waals surface area (Å²) in [5.74, 6) is -1.63. The molecule has 0 aliphatic heterocycles. The van der Waals surface area contributed by atoms with Gasteiger partial charge in [0.1, 0.15) is 11.8 Å². The molecule has 3 aromatic rings. The Labute approximate surface area is 196 Å². The number of nitrogens with zero attached hydrogens (tertiary/aromatic N) is 1. The third kappa shape index (κ3) is 6.77. The Balaban J connectivity index is 1.73. The molecule has 0 heterocycles. The van der Waals surface area contributed by atoms with Gasteiger partial charge in [-0.1, -0.05) is 54.6 Å². The minimum Gasteiger partial charge on any atom is -0.508 e. The number of carbonyl (C=O) groups excluding carboxylic acids is 1. The second kappa shape index (κ2) is 11.4. The van der Waals surface area contributed by atoms with E-state index in [4.69, 9.17) is 0 Å². The standard InChI is InChI=1S/C26H24N2O6/c29-22-13-9-19(10-14-22)7-4-8-20-17-21(12-16-24(20)28(33)34)25(30)27-23(26(31)32)15-11-18-5-2-1-3-6-18/h1-6,8-10,12-14,16-17,23,29H,7,11,15H2,(H,27,30)(H,31,32)/b8-4+. The Morgan fingerprint density at radius 1 is 1.00 bits per heavy atom. The normalized spacial score (nSPS) is 11.8. The highest BCUT2D eigenvalue weighted by Gasteiger charge is 2.22. The van der Waals surface area contributed by atoms with Crippen LogP contribution in [0.1, 0.15) is 33.5 Å². The fourth-order valence-corrected chi connectivity index (χ4v) is 3.40. The van der Waals surface area contributed by atoms with Crippen LogP contribution in [-0.4, -0.2) is 33.1 Å². The van der Waals surface area contributed by atoms with Crippen molar-refractivity contribution in [1.82, 2.24) is 5.32 Å². The van der Waals surface area contributed by atoms with Crippen LogP contribution >= 0.6 is 0 Å². The lowest BCUT2D eigenvalue weighted by atomic mass is 10.0. The molecule has 0 bridgehead atoms. The van der Waals surface area contributed by atoms with Gasteiger partial charge in [-0.25, -0.2) is 4.79 Å². The average Bonchev–Trinajstić information content (AvgIpc) is 2.83. The monoisotopic (exact) mass is 460 g/mol. The largest absolute Gasteiger partial charge is 0.508 e. The quantitative estimate of drug-likeness (QED) is 0.304. The van der Waals surface area contributed by atoms with E-state index in [0.29, 0.717) is 12.8 Å². The first-order chi connectivity index (χ1) is 16.3. The maximum Gasteiger partial charge on any atom is 0.326 e. The van der Waals surface area contributed by atoms with Gasteiger partial charge in [-0.2, -0.15) is 0 Å². The van der Waals surface area contributed by atoms with E-state index >= 15 is 0 Å². The van der Waals surface area contributed by atoms with Crippen LogP contribution in [0.5, 0.6) is 5.75 Å². The number of benzene rings is 3. The number of aryl methyl sites for hydroxylation is 1. The summed E-state index contributed by atoms with van der Waals surface area (Å²) in [6, 6.07) is 18.7. The van der Waals surface area contributed by atoms with Gasteiger partial charge in [0.25, 0.3) is 11.6 Å². The van der Waals surface area contributed by atoms with Gasteiger partial charge < -0.3 is 15.5 Å². The minimum atomic E-state index is -1.15. The summed E-state index contributed by atoms with van der Waals surface area (Å²) in [5.41, 5.74) is 2.04. The molecule has 0 spiro atoms. The van der Waals surface area contributed by atoms with Crippen LogP contribution in [0.2, 0.25) is 0 Å². The molecule has 3 aromatic carbocycles. The first kappa shape index (κ1) is 24.2. The number of phenols is 1. The molecule has 3 N–H and O–H groups in total. The second-order valence-electron chi connectivity index (χ2n) is 7.69. The van der Waals surface area contributed by atoms with Crippen molar-refractivity contribution in [3.05, 3.63) is 111 Å². The number of phenolic OH excluding ortho intramolecular Hbond substituents is 1. The summed E-state index contributed by atoms with van der Waals surface area (Å²) < 4.78 is 0. The van der Waals surface area contributed by atoms with Crippen molar-refractivity contribution < 1.29 is 24.7 Å². The fourth-order valence-electron chi connectivity index (χ4n) is 3.40. The van der Waals surface area contributed by atoms with Crippen molar-refractivity contribution in [3.8, 4) is 5.75 Å². The van der Waals surface area contributed by atoms with Crippen LogP contribution in [0.15, 0.2) is 78.9 Å². The third-order valence-electron chi connectivity index (χ3n) is 5.24. The molecule has 3 rings (SSSR count). The van der Waals surface area contributed by atoms with Crippen molar-refractivity contribution >= 4 is 23.6 Å². The van der Waals surface area contributed by atoms with Gasteiger partial charge in [-0.05, 0) is 54.7 Å². The Hall–Kier alpha value is -4.46. The number of allylic oxidation sites excluding steroid dienone is 1. The second-order valence-corrected chi connectivity index (χ2v) is 7.69. The Bertz CT molecular complexity index is 1190. The van der Waals surface area contributed by atoms with Gasteiger partial charge in [0.2, 0.25) is 0 Å². The Morgan fingerprint density at radius 3 is 2.35 bits per heavy atom. The molecule has 0 saturated heterocycles. The smallest absolute Gasteiger partial charge is 0.326 e. The van der Waals surface area contributed by atoms with Crippen LogP contribution in [-0.2, 0) is 17.6 Å². The number of carbonyl (C=O) groups is 2. The van der Waals surface area contributed by atoms with E-state index in [1.165, 1.54) is 18.2 Å². The van der Waals surface area contributed by atoms with Crippen LogP contribution in [0.4, 0.5) is 5.69 Å². The van der Waals surface area contributed by atoms with Gasteiger partial charge in [-0.15, -0.1) is 0 Å². The third-order valence-corrected chi connectivity index (χ3v) is 5.24. The lowest BCUT2D eigenvalue weighted by molar-refractivity contribution is -0.385. The highest BCUT2D eigenvalue weighted by Crippen LogP contribution is 2.22. The van der Waals surface area contributed by atoms with E-state index in [-0.39, 0.29) is 29.0 Å². The lowest BCUT2D eigenvalue weighted by Gasteiger charge is -2.15. The highest BCUT2D eigenvalue weighted by molar-refractivity contribution is 5.97. The number of rotatable bonds is 10. The molecule has 8 nitrogen and oxygen atoms in total. The molecule has 34 heavy (non-hydrogen) atoms. The van der Waals surface area contributed by atoms with Gasteiger partial charge in [-0.3, -0.25) is 14.9 Å². The molecular formula is C26H24N2O6. The number of amides is 1. The first-order valence-corrected chi connectivity index (χ1v) is 10.6. The maximum absolute atomic E-state index is 12.7. The van der Waals surface area contributed by atoms with Crippen LogP contribution < -0.4 is 5.32 Å². The summed E-state index contributed by atoms with van der Waals surface area (Å²) in [7, 11) is 0. The summed E-state index contributed by atoms with van der Waals surface area (Å²) in [5, 5.41) is 32.8. The van der Waals surface area contributed by atoms with E-state index in [0.717, 1.165) is 11.1 Å². The molecule has 0 aliphatic rings. The number of hydrogen-bond acceptors (Lipinski definition) is 5. The molecule has 1 unspecified atom stereocenters. The molecule has 0 saturated carbocycles. The molecule has 0 fully saturated rings. The van der Waals surface area contributed by atoms with Crippen molar-refractivity contribution in [2.45, 2.75) is 25.3 Å². The van der Waals surface area contributed by atoms with Crippen molar-refractivity contribution in [2.24, 2.45) is 0 Å². The van der Waals surface area contributed by atoms with Gasteiger partial charge in [0.05, 0.1) is 10.5 Å². The van der Waals surface area contributed by atoms with E-state index in [1.54, 1.807) is 36.4 Å². The zero-order chi connectivity index (χ0) is 24.5. The predicted octanol–water partition coefficient (Wildman–Crippen LogP) is 4.37. The number of carboxylic acids is 1. The first-order valence-electron chi connectivity index (χ1n) is 10.6. The van der Waals surface area contributed by atoms with Gasteiger partial charge in [0.15, 0.2) is 0 Å². The van der Waals surface area contributed by atoms with Crippen LogP contribution in [0.25, 0.3) is 6.08 Å². The number of nitrogens with one attached hydrogen (secondary N) is 1. The number of aliphatic carboxylic acids is 1. The molecule has 1 atom stereocenters. The molecule has 0 aliphatic carbocycles. The number of hydrogen-bond donors (Lipinski definition) is 3. The van der Waals surface area contributed by atoms with E-state index in [9.17, 15) is 29.9 Å². The number of nitro benzene ring substituents is 1. The zero-order valence-corrected chi connectivity index (χ0v) is 18.3. The summed E-state index contributed by atoms with van der Waals surface area (Å²) in [4.78, 5) is 35.3. The van der Waals surface area contributed by atoms with E-state index < -0.39 is 22.8 Å². The molecule has 8 heteroatoms. The summed E-state index contributed by atoms with van der Waals surface area (Å²) in [6.07, 6.45) is 4.41. The predicted molar refractivity (Wildman–Crippen MR) is 128 cm³/mol. The van der Waals surface area contributed by atoms with E-state index in [2.05, 4.69) is 5.32 Å². The van der Waals surface area contributed by atoms with Gasteiger partial charge >= 0.3 is 5.97 Å². The Morgan fingerprint density at radius 2 is 1.71 bits per heavy atom. The molecular weight excluding hydrogens is 436 g/mol. The molecule has 1 amide bonds. The summed E-state index contributed by atoms with van der Waals surface area (Å²) in [6.45, 7) is 0. The van der Waals surface area contributed by atoms with Gasteiger partial charge in [0, 0.05) is 11.6 Å². The minimum absolute atomic E-state index is 0.126. The lowest BCUT2D eigenvalue weighted by Crippen LogP contribution is -2.41. The molecule has 0 radical (unpaired) electrons. The maximum atomic E-state index is 12.7. The van der Waals surface area contributed by atoms with Crippen LogP contribution in [0.3, 0.4) is 0 Å².